The van der Waals surface area contributed by atoms with Crippen molar-refractivity contribution in [3.8, 4) is 17.2 Å². The molecule has 33 heavy (non-hydrogen) atoms. The summed E-state index contributed by atoms with van der Waals surface area (Å²) in [6.07, 6.45) is 0.217. The molecule has 0 spiro atoms. The zero-order chi connectivity index (χ0) is 24.1. The molecule has 10 nitrogen and oxygen atoms in total. The van der Waals surface area contributed by atoms with Crippen molar-refractivity contribution in [1.82, 2.24) is 4.72 Å². The smallest absolute Gasteiger partial charge is 0.271 e. The summed E-state index contributed by atoms with van der Waals surface area (Å²) >= 11 is 0. The molecule has 3 rings (SSSR count). The molecule has 0 radical (unpaired) electrons. The van der Waals surface area contributed by atoms with Crippen LogP contribution >= 0.6 is 0 Å². The van der Waals surface area contributed by atoms with E-state index in [0.717, 1.165) is 18.2 Å². The third kappa shape index (κ3) is 6.09. The van der Waals surface area contributed by atoms with Crippen LogP contribution in [-0.4, -0.2) is 53.1 Å². The molecule has 2 aromatic carbocycles. The summed E-state index contributed by atoms with van der Waals surface area (Å²) in [7, 11) is -1.35. The molecule has 2 aromatic rings. The molecule has 0 saturated carbocycles. The van der Waals surface area contributed by atoms with Gasteiger partial charge in [0.25, 0.3) is 5.69 Å². The largest absolute Gasteiger partial charge is 0.497 e. The summed E-state index contributed by atoms with van der Waals surface area (Å²) in [5.41, 5.74) is -1.60. The van der Waals surface area contributed by atoms with Crippen LogP contribution in [0.1, 0.15) is 18.4 Å². The van der Waals surface area contributed by atoms with Gasteiger partial charge in [-0.15, -0.1) is 0 Å². The Balaban J connectivity index is 1.85. The number of alkyl halides is 1. The lowest BCUT2D eigenvalue weighted by Gasteiger charge is -2.29. The fourth-order valence-corrected chi connectivity index (χ4v) is 4.45. The van der Waals surface area contributed by atoms with Gasteiger partial charge in [-0.3, -0.25) is 10.1 Å². The third-order valence-electron chi connectivity index (χ3n) is 5.25. The van der Waals surface area contributed by atoms with Gasteiger partial charge in [0.15, 0.2) is 0 Å². The quantitative estimate of drug-likeness (QED) is 0.403. The van der Waals surface area contributed by atoms with E-state index in [1.54, 1.807) is 18.2 Å². The Bertz CT molecular complexity index is 1100. The maximum Gasteiger partial charge on any atom is 0.271 e. The molecular weight excluding hydrogens is 459 g/mol. The Hall–Kier alpha value is -2.96. The summed E-state index contributed by atoms with van der Waals surface area (Å²) in [5, 5.41) is 11.2. The van der Waals surface area contributed by atoms with Crippen molar-refractivity contribution in [2.24, 2.45) is 0 Å². The van der Waals surface area contributed by atoms with E-state index in [2.05, 4.69) is 4.72 Å². The highest BCUT2D eigenvalue weighted by Crippen LogP contribution is 2.32. The van der Waals surface area contributed by atoms with Crippen molar-refractivity contribution in [1.29, 1.82) is 0 Å². The van der Waals surface area contributed by atoms with E-state index in [0.29, 0.717) is 17.1 Å². The lowest BCUT2D eigenvalue weighted by molar-refractivity contribution is -0.385. The number of hydrogen-bond acceptors (Lipinski definition) is 8. The first kappa shape index (κ1) is 24.7. The Labute approximate surface area is 190 Å². The normalized spacial score (nSPS) is 15.6. The van der Waals surface area contributed by atoms with E-state index < -0.39 is 37.8 Å². The van der Waals surface area contributed by atoms with E-state index in [9.17, 15) is 22.9 Å². The highest BCUT2D eigenvalue weighted by atomic mass is 32.2. The molecule has 1 aliphatic rings. The standard InChI is InChI=1S/C21H25FN2O8S/c1-29-17-5-3-15(19(12-17)30-2)13-23-33(27,28)20-11-16(24(25)26)4-6-18(20)32-14-21(22)7-9-31-10-8-21/h3-6,11-12,23H,7-10,13-14H2,1-2H3. The molecule has 1 heterocycles. The van der Waals surface area contributed by atoms with E-state index in [4.69, 9.17) is 18.9 Å². The second-order valence-electron chi connectivity index (χ2n) is 7.44. The van der Waals surface area contributed by atoms with Gasteiger partial charge in [0.05, 0.1) is 19.1 Å². The minimum atomic E-state index is -4.27. The molecule has 0 atom stereocenters. The number of non-ortho nitro benzene ring substituents is 1. The molecule has 0 unspecified atom stereocenters. The number of benzene rings is 2. The van der Waals surface area contributed by atoms with Crippen LogP contribution in [0.5, 0.6) is 17.2 Å². The van der Waals surface area contributed by atoms with Gasteiger partial charge in [-0.2, -0.15) is 0 Å². The number of rotatable bonds is 10. The predicted octanol–water partition coefficient (Wildman–Crippen LogP) is 2.99. The second kappa shape index (κ2) is 10.3. The molecule has 0 aliphatic carbocycles. The first-order valence-electron chi connectivity index (χ1n) is 10.1. The molecule has 12 heteroatoms. The zero-order valence-corrected chi connectivity index (χ0v) is 19.0. The average Bonchev–Trinajstić information content (AvgIpc) is 2.81. The lowest BCUT2D eigenvalue weighted by atomic mass is 9.98. The summed E-state index contributed by atoms with van der Waals surface area (Å²) in [4.78, 5) is 10.0. The fourth-order valence-electron chi connectivity index (χ4n) is 3.28. The number of sulfonamides is 1. The molecule has 1 N–H and O–H groups in total. The number of ether oxygens (including phenoxy) is 4. The zero-order valence-electron chi connectivity index (χ0n) is 18.2. The van der Waals surface area contributed by atoms with Crippen LogP contribution in [0.2, 0.25) is 0 Å². The molecular formula is C21H25FN2O8S. The van der Waals surface area contributed by atoms with Crippen LogP contribution in [0.15, 0.2) is 41.3 Å². The van der Waals surface area contributed by atoms with Crippen molar-refractivity contribution < 1.29 is 36.7 Å². The Morgan fingerprint density at radius 2 is 1.85 bits per heavy atom. The number of halogens is 1. The van der Waals surface area contributed by atoms with Crippen molar-refractivity contribution >= 4 is 15.7 Å². The minimum absolute atomic E-state index is 0.109. The van der Waals surface area contributed by atoms with Crippen molar-refractivity contribution in [2.75, 3.05) is 34.0 Å². The SMILES string of the molecule is COc1ccc(CNS(=O)(=O)c2cc([N+](=O)[O-])ccc2OCC2(F)CCOCC2)c(OC)c1. The highest BCUT2D eigenvalue weighted by Gasteiger charge is 2.34. The van der Waals surface area contributed by atoms with E-state index in [1.165, 1.54) is 14.2 Å². The predicted molar refractivity (Wildman–Crippen MR) is 116 cm³/mol. The molecule has 1 aliphatic heterocycles. The van der Waals surface area contributed by atoms with Gasteiger partial charge in [-0.05, 0) is 12.1 Å². The van der Waals surface area contributed by atoms with E-state index >= 15 is 0 Å². The maximum atomic E-state index is 14.9. The van der Waals surface area contributed by atoms with Gasteiger partial charge in [-0.25, -0.2) is 17.5 Å². The van der Waals surface area contributed by atoms with Crippen LogP contribution < -0.4 is 18.9 Å². The Morgan fingerprint density at radius 1 is 1.12 bits per heavy atom. The Morgan fingerprint density at radius 3 is 2.48 bits per heavy atom. The van der Waals surface area contributed by atoms with Crippen LogP contribution in [0.4, 0.5) is 10.1 Å². The van der Waals surface area contributed by atoms with Crippen LogP contribution in [0, 0.1) is 10.1 Å². The average molecular weight is 485 g/mol. The van der Waals surface area contributed by atoms with Crippen LogP contribution in [0.25, 0.3) is 0 Å². The van der Waals surface area contributed by atoms with Gasteiger partial charge in [0.2, 0.25) is 10.0 Å². The second-order valence-corrected chi connectivity index (χ2v) is 9.18. The lowest BCUT2D eigenvalue weighted by Crippen LogP contribution is -2.37. The van der Waals surface area contributed by atoms with Gasteiger partial charge in [0, 0.05) is 56.4 Å². The number of nitro groups is 1. The number of nitrogens with zero attached hydrogens (tertiary/aromatic N) is 1. The maximum absolute atomic E-state index is 14.9. The number of nitro benzene ring substituents is 1. The molecule has 180 valence electrons. The van der Waals surface area contributed by atoms with Crippen molar-refractivity contribution in [3.05, 3.63) is 52.1 Å². The molecule has 0 aromatic heterocycles. The number of methoxy groups -OCH3 is 2. The van der Waals surface area contributed by atoms with Crippen LogP contribution in [0.3, 0.4) is 0 Å². The number of hydrogen-bond donors (Lipinski definition) is 1. The van der Waals surface area contributed by atoms with Crippen molar-refractivity contribution in [3.63, 3.8) is 0 Å². The van der Waals surface area contributed by atoms with Crippen molar-refractivity contribution in [2.45, 2.75) is 30.0 Å². The molecule has 1 fully saturated rings. The number of nitrogens with one attached hydrogen (secondary N) is 1. The van der Waals surface area contributed by atoms with Gasteiger partial charge in [0.1, 0.15) is 34.4 Å². The van der Waals surface area contributed by atoms with Crippen LogP contribution in [-0.2, 0) is 21.3 Å². The van der Waals surface area contributed by atoms with Gasteiger partial charge < -0.3 is 18.9 Å². The van der Waals surface area contributed by atoms with Gasteiger partial charge in [-0.1, -0.05) is 6.07 Å². The van der Waals surface area contributed by atoms with Gasteiger partial charge >= 0.3 is 0 Å². The topological polar surface area (TPSA) is 126 Å². The van der Waals surface area contributed by atoms with E-state index in [-0.39, 0.29) is 38.3 Å². The summed E-state index contributed by atoms with van der Waals surface area (Å²) in [6, 6.07) is 8.02. The summed E-state index contributed by atoms with van der Waals surface area (Å²) in [6.45, 7) is -0.0991. The first-order chi connectivity index (χ1) is 15.7. The molecule has 1 saturated heterocycles. The fraction of sp³-hybridized carbons (Fsp3) is 0.429. The third-order valence-corrected chi connectivity index (χ3v) is 6.67. The molecule has 0 bridgehead atoms. The van der Waals surface area contributed by atoms with E-state index in [1.807, 2.05) is 0 Å². The Kier molecular flexibility index (Phi) is 7.72. The minimum Gasteiger partial charge on any atom is -0.497 e. The summed E-state index contributed by atoms with van der Waals surface area (Å²) < 4.78 is 64.5. The monoisotopic (exact) mass is 484 g/mol. The molecule has 0 amide bonds. The first-order valence-corrected chi connectivity index (χ1v) is 11.5. The highest BCUT2D eigenvalue weighted by molar-refractivity contribution is 7.89. The summed E-state index contributed by atoms with van der Waals surface area (Å²) in [5.74, 6) is 0.742.